The molecule has 0 aliphatic carbocycles. The number of allylic oxidation sites excluding steroid dienone is 2. The van der Waals surface area contributed by atoms with Crippen molar-refractivity contribution in [1.82, 2.24) is 0 Å². The first-order chi connectivity index (χ1) is 7.67. The van der Waals surface area contributed by atoms with Gasteiger partial charge in [0.05, 0.1) is 0 Å². The van der Waals surface area contributed by atoms with Crippen molar-refractivity contribution < 1.29 is 4.84 Å². The zero-order chi connectivity index (χ0) is 12.0. The number of amidine groups is 1. The van der Waals surface area contributed by atoms with E-state index in [-0.39, 0.29) is 0 Å². The second-order valence-corrected chi connectivity index (χ2v) is 3.62. The maximum atomic E-state index is 5.77. The number of rotatable bonds is 4. The van der Waals surface area contributed by atoms with Crippen molar-refractivity contribution in [2.75, 3.05) is 0 Å². The lowest BCUT2D eigenvalue weighted by Gasteiger charge is -2.03. The van der Waals surface area contributed by atoms with Crippen LogP contribution in [0, 0.1) is 0 Å². The molecule has 1 rings (SSSR count). The van der Waals surface area contributed by atoms with Gasteiger partial charge in [-0.15, -0.1) is 0 Å². The highest BCUT2D eigenvalue weighted by Gasteiger charge is 1.99. The summed E-state index contributed by atoms with van der Waals surface area (Å²) in [6.45, 7) is 3.89. The Bertz CT molecular complexity index is 396. The Morgan fingerprint density at radius 3 is 2.56 bits per heavy atom. The highest BCUT2D eigenvalue weighted by atomic mass is 35.5. The van der Waals surface area contributed by atoms with Crippen LogP contribution in [0.15, 0.2) is 41.3 Å². The van der Waals surface area contributed by atoms with Crippen LogP contribution in [0.25, 0.3) is 0 Å². The topological polar surface area (TPSA) is 47.6 Å². The van der Waals surface area contributed by atoms with E-state index in [9.17, 15) is 0 Å². The van der Waals surface area contributed by atoms with Crippen LogP contribution in [0.2, 0.25) is 5.02 Å². The van der Waals surface area contributed by atoms with Gasteiger partial charge in [0.1, 0.15) is 5.76 Å². The number of hydrogen-bond donors (Lipinski definition) is 1. The van der Waals surface area contributed by atoms with E-state index in [1.807, 2.05) is 19.9 Å². The fourth-order valence-corrected chi connectivity index (χ4v) is 1.23. The SMILES string of the molecule is C/C=C(/CC)O/N=C(\N)c1ccc(Cl)cc1. The second kappa shape index (κ2) is 6.18. The van der Waals surface area contributed by atoms with Crippen molar-refractivity contribution in [1.29, 1.82) is 0 Å². The molecule has 0 heterocycles. The molecule has 0 aromatic heterocycles. The van der Waals surface area contributed by atoms with Crippen molar-refractivity contribution in [3.05, 3.63) is 46.7 Å². The van der Waals surface area contributed by atoms with Gasteiger partial charge in [-0.25, -0.2) is 0 Å². The Hall–Kier alpha value is -1.48. The van der Waals surface area contributed by atoms with Gasteiger partial charge in [0.15, 0.2) is 5.84 Å². The van der Waals surface area contributed by atoms with Gasteiger partial charge in [-0.05, 0) is 37.3 Å². The van der Waals surface area contributed by atoms with Crippen LogP contribution in [0.3, 0.4) is 0 Å². The normalized spacial score (nSPS) is 12.7. The largest absolute Gasteiger partial charge is 0.380 e. The van der Waals surface area contributed by atoms with E-state index in [4.69, 9.17) is 22.2 Å². The van der Waals surface area contributed by atoms with Gasteiger partial charge in [0, 0.05) is 17.0 Å². The first-order valence-corrected chi connectivity index (χ1v) is 5.46. The molecule has 0 amide bonds. The quantitative estimate of drug-likeness (QED) is 0.379. The molecule has 0 spiro atoms. The summed E-state index contributed by atoms with van der Waals surface area (Å²) in [5.74, 6) is 1.13. The summed E-state index contributed by atoms with van der Waals surface area (Å²) in [4.78, 5) is 5.18. The first-order valence-electron chi connectivity index (χ1n) is 5.09. The molecule has 0 saturated carbocycles. The molecule has 4 heteroatoms. The van der Waals surface area contributed by atoms with Crippen molar-refractivity contribution in [3.8, 4) is 0 Å². The summed E-state index contributed by atoms with van der Waals surface area (Å²) in [5.41, 5.74) is 6.55. The fourth-order valence-electron chi connectivity index (χ4n) is 1.10. The summed E-state index contributed by atoms with van der Waals surface area (Å²) in [6.07, 6.45) is 2.65. The smallest absolute Gasteiger partial charge is 0.170 e. The second-order valence-electron chi connectivity index (χ2n) is 3.18. The summed E-state index contributed by atoms with van der Waals surface area (Å²) < 4.78 is 0. The minimum Gasteiger partial charge on any atom is -0.380 e. The lowest BCUT2D eigenvalue weighted by Crippen LogP contribution is -2.13. The third kappa shape index (κ3) is 3.59. The number of hydrogen-bond acceptors (Lipinski definition) is 2. The van der Waals surface area contributed by atoms with E-state index in [1.165, 1.54) is 0 Å². The summed E-state index contributed by atoms with van der Waals surface area (Å²) in [6, 6.07) is 7.11. The molecular weight excluding hydrogens is 224 g/mol. The van der Waals surface area contributed by atoms with Gasteiger partial charge in [-0.1, -0.05) is 23.7 Å². The van der Waals surface area contributed by atoms with Crippen LogP contribution >= 0.6 is 11.6 Å². The van der Waals surface area contributed by atoms with Gasteiger partial charge in [0.2, 0.25) is 0 Å². The van der Waals surface area contributed by atoms with Crippen LogP contribution in [-0.4, -0.2) is 5.84 Å². The van der Waals surface area contributed by atoms with E-state index in [1.54, 1.807) is 24.3 Å². The van der Waals surface area contributed by atoms with Crippen LogP contribution in [0.5, 0.6) is 0 Å². The van der Waals surface area contributed by atoms with Crippen LogP contribution in [0.4, 0.5) is 0 Å². The zero-order valence-corrected chi connectivity index (χ0v) is 10.2. The summed E-state index contributed by atoms with van der Waals surface area (Å²) in [7, 11) is 0. The van der Waals surface area contributed by atoms with E-state index in [0.717, 1.165) is 17.7 Å². The average molecular weight is 239 g/mol. The predicted molar refractivity (Wildman–Crippen MR) is 67.3 cm³/mol. The maximum absolute atomic E-state index is 5.77. The van der Waals surface area contributed by atoms with Gasteiger partial charge in [-0.2, -0.15) is 0 Å². The molecule has 0 saturated heterocycles. The standard InChI is InChI=1S/C12H15ClN2O/c1-3-11(4-2)16-15-12(14)9-5-7-10(13)8-6-9/h3,5-8H,4H2,1-2H3,(H2,14,15)/b11-3-. The molecule has 1 aromatic carbocycles. The molecule has 16 heavy (non-hydrogen) atoms. The summed E-state index contributed by atoms with van der Waals surface area (Å²) in [5, 5.41) is 4.52. The molecule has 3 nitrogen and oxygen atoms in total. The highest BCUT2D eigenvalue weighted by Crippen LogP contribution is 2.10. The van der Waals surface area contributed by atoms with Crippen LogP contribution < -0.4 is 5.73 Å². The third-order valence-corrected chi connectivity index (χ3v) is 2.32. The molecular formula is C12H15ClN2O. The Kier molecular flexibility index (Phi) is 4.86. The Labute approximate surface area is 101 Å². The molecule has 0 unspecified atom stereocenters. The first kappa shape index (κ1) is 12.6. The molecule has 86 valence electrons. The molecule has 0 fully saturated rings. The lowest BCUT2D eigenvalue weighted by molar-refractivity contribution is 0.218. The van der Waals surface area contributed by atoms with Crippen LogP contribution in [0.1, 0.15) is 25.8 Å². The third-order valence-electron chi connectivity index (χ3n) is 2.07. The molecule has 0 bridgehead atoms. The van der Waals surface area contributed by atoms with Gasteiger partial charge >= 0.3 is 0 Å². The van der Waals surface area contributed by atoms with Crippen LogP contribution in [-0.2, 0) is 4.84 Å². The number of benzene rings is 1. The molecule has 0 aliphatic heterocycles. The summed E-state index contributed by atoms with van der Waals surface area (Å²) >= 11 is 5.77. The maximum Gasteiger partial charge on any atom is 0.170 e. The minimum absolute atomic E-state index is 0.337. The molecule has 0 radical (unpaired) electrons. The van der Waals surface area contributed by atoms with E-state index in [0.29, 0.717) is 10.9 Å². The number of halogens is 1. The van der Waals surface area contributed by atoms with E-state index < -0.39 is 0 Å². The Morgan fingerprint density at radius 2 is 2.06 bits per heavy atom. The molecule has 0 atom stereocenters. The molecule has 1 aromatic rings. The predicted octanol–water partition coefficient (Wildman–Crippen LogP) is 3.29. The number of oxime groups is 1. The Morgan fingerprint density at radius 1 is 1.44 bits per heavy atom. The van der Waals surface area contributed by atoms with Gasteiger partial charge in [0.25, 0.3) is 0 Å². The average Bonchev–Trinajstić information content (AvgIpc) is 2.31. The Balaban J connectivity index is 2.74. The van der Waals surface area contributed by atoms with Gasteiger partial charge < -0.3 is 10.6 Å². The monoisotopic (exact) mass is 238 g/mol. The lowest BCUT2D eigenvalue weighted by atomic mass is 10.2. The number of nitrogens with two attached hydrogens (primary N) is 1. The fraction of sp³-hybridized carbons (Fsp3) is 0.250. The van der Waals surface area contributed by atoms with Crippen molar-refractivity contribution >= 4 is 17.4 Å². The molecule has 2 N–H and O–H groups in total. The van der Waals surface area contributed by atoms with E-state index in [2.05, 4.69) is 5.16 Å². The highest BCUT2D eigenvalue weighted by molar-refractivity contribution is 6.30. The molecule has 0 aliphatic rings. The van der Waals surface area contributed by atoms with Crippen molar-refractivity contribution in [2.24, 2.45) is 10.9 Å². The van der Waals surface area contributed by atoms with Crippen molar-refractivity contribution in [2.45, 2.75) is 20.3 Å². The zero-order valence-electron chi connectivity index (χ0n) is 9.40. The van der Waals surface area contributed by atoms with E-state index >= 15 is 0 Å². The van der Waals surface area contributed by atoms with Gasteiger partial charge in [-0.3, -0.25) is 0 Å². The number of nitrogens with zero attached hydrogens (tertiary/aromatic N) is 1. The minimum atomic E-state index is 0.337. The van der Waals surface area contributed by atoms with Crippen molar-refractivity contribution in [3.63, 3.8) is 0 Å².